The number of amides is 2. The molecular weight excluding hydrogens is 597 g/mol. The normalized spacial score (nSPS) is 17.2. The number of benzene rings is 3. The van der Waals surface area contributed by atoms with Crippen LogP contribution in [0.25, 0.3) is 11.1 Å². The first kappa shape index (κ1) is 27.9. The van der Waals surface area contributed by atoms with E-state index in [4.69, 9.17) is 0 Å². The van der Waals surface area contributed by atoms with Gasteiger partial charge in [0.2, 0.25) is 0 Å². The Bertz CT molecular complexity index is 1190. The maximum absolute atomic E-state index is 12.6. The molecule has 3 aromatic carbocycles. The quantitative estimate of drug-likeness (QED) is 0.308. The summed E-state index contributed by atoms with van der Waals surface area (Å²) in [7, 11) is 0. The van der Waals surface area contributed by atoms with Crippen LogP contribution in [0.1, 0.15) is 24.8 Å². The van der Waals surface area contributed by atoms with Crippen LogP contribution in [0.5, 0.6) is 0 Å². The van der Waals surface area contributed by atoms with Crippen LogP contribution >= 0.6 is 22.6 Å². The van der Waals surface area contributed by atoms with E-state index in [9.17, 15) is 4.79 Å². The third-order valence-corrected chi connectivity index (χ3v) is 8.63. The van der Waals surface area contributed by atoms with Crippen molar-refractivity contribution in [3.05, 3.63) is 88.0 Å². The summed E-state index contributed by atoms with van der Waals surface area (Å²) in [6.07, 6.45) is 3.24. The fraction of sp³-hybridized carbons (Fsp3) is 0.406. The molecule has 0 spiro atoms. The van der Waals surface area contributed by atoms with Gasteiger partial charge < -0.3 is 20.4 Å². The van der Waals surface area contributed by atoms with Crippen LogP contribution in [0, 0.1) is 3.57 Å². The summed E-state index contributed by atoms with van der Waals surface area (Å²) in [6.45, 7) is 9.45. The number of nitrogens with one attached hydrogen (secondary N) is 2. The van der Waals surface area contributed by atoms with E-state index < -0.39 is 0 Å². The van der Waals surface area contributed by atoms with Gasteiger partial charge in [-0.3, -0.25) is 4.90 Å². The largest absolute Gasteiger partial charge is 0.369 e. The number of carbonyl (C=O) groups excluding carboxylic acids is 1. The number of hydrogen-bond acceptors (Lipinski definition) is 4. The van der Waals surface area contributed by atoms with Gasteiger partial charge in [0.15, 0.2) is 0 Å². The first-order chi connectivity index (χ1) is 19.1. The minimum absolute atomic E-state index is 0.0688. The fourth-order valence-corrected chi connectivity index (χ4v) is 6.23. The number of likely N-dealkylation sites (tertiary alicyclic amines) is 1. The van der Waals surface area contributed by atoms with Gasteiger partial charge >= 0.3 is 6.03 Å². The molecule has 0 unspecified atom stereocenters. The van der Waals surface area contributed by atoms with Crippen molar-refractivity contribution >= 4 is 34.3 Å². The molecule has 6 nitrogen and oxygen atoms in total. The summed E-state index contributed by atoms with van der Waals surface area (Å²) in [5.41, 5.74) is 4.82. The van der Waals surface area contributed by atoms with Crippen LogP contribution in [0.15, 0.2) is 78.9 Å². The second-order valence-electron chi connectivity index (χ2n) is 10.6. The van der Waals surface area contributed by atoms with Crippen molar-refractivity contribution < 1.29 is 4.79 Å². The van der Waals surface area contributed by atoms with Crippen LogP contribution < -0.4 is 15.5 Å². The first-order valence-electron chi connectivity index (χ1n) is 14.3. The van der Waals surface area contributed by atoms with Gasteiger partial charge in [-0.05, 0) is 89.8 Å². The molecule has 2 amide bonds. The molecule has 5 rings (SSSR count). The molecule has 2 aliphatic rings. The molecule has 2 fully saturated rings. The molecule has 0 atom stereocenters. The fourth-order valence-electron chi connectivity index (χ4n) is 5.71. The van der Waals surface area contributed by atoms with Crippen LogP contribution in [-0.4, -0.2) is 74.2 Å². The lowest BCUT2D eigenvalue weighted by Gasteiger charge is -2.37. The lowest BCUT2D eigenvalue weighted by molar-refractivity contribution is 0.177. The van der Waals surface area contributed by atoms with E-state index in [1.807, 2.05) is 30.3 Å². The number of urea groups is 1. The van der Waals surface area contributed by atoms with E-state index in [0.717, 1.165) is 64.2 Å². The third kappa shape index (κ3) is 8.19. The van der Waals surface area contributed by atoms with E-state index in [1.165, 1.54) is 33.4 Å². The lowest BCUT2D eigenvalue weighted by Crippen LogP contribution is -2.49. The number of anilines is 1. The van der Waals surface area contributed by atoms with E-state index in [-0.39, 0.29) is 12.1 Å². The average molecular weight is 638 g/mol. The molecule has 0 radical (unpaired) electrons. The van der Waals surface area contributed by atoms with E-state index in [1.54, 1.807) is 0 Å². The van der Waals surface area contributed by atoms with Crippen molar-refractivity contribution in [3.8, 4) is 11.1 Å². The van der Waals surface area contributed by atoms with Crippen molar-refractivity contribution in [2.24, 2.45) is 0 Å². The predicted octanol–water partition coefficient (Wildman–Crippen LogP) is 5.43. The second-order valence-corrected chi connectivity index (χ2v) is 11.9. The Labute approximate surface area is 246 Å². The van der Waals surface area contributed by atoms with E-state index in [2.05, 4.69) is 96.5 Å². The van der Waals surface area contributed by atoms with Gasteiger partial charge in [0.05, 0.1) is 0 Å². The summed E-state index contributed by atoms with van der Waals surface area (Å²) < 4.78 is 1.30. The zero-order chi connectivity index (χ0) is 26.9. The molecule has 7 heteroatoms. The van der Waals surface area contributed by atoms with Gasteiger partial charge in [0.1, 0.15) is 0 Å². The van der Waals surface area contributed by atoms with Gasteiger partial charge in [-0.25, -0.2) is 4.79 Å². The monoisotopic (exact) mass is 637 g/mol. The molecule has 0 saturated carbocycles. The molecule has 2 N–H and O–H groups in total. The standard InChI is InChI=1S/C32H40IN5O/c33-28-11-6-12-30(24-28)38-22-20-37(21-23-38)17-7-16-36-18-14-29(15-19-36)35-32(39)34-25-27-10-4-5-13-31(27)26-8-2-1-3-9-26/h1-6,8-13,24,29H,7,14-23,25H2,(H2,34,35,39). The molecule has 0 aromatic heterocycles. The Morgan fingerprint density at radius 3 is 2.23 bits per heavy atom. The van der Waals surface area contributed by atoms with Gasteiger partial charge in [0, 0.05) is 61.1 Å². The van der Waals surface area contributed by atoms with Crippen molar-refractivity contribution in [1.82, 2.24) is 20.4 Å². The van der Waals surface area contributed by atoms with Gasteiger partial charge in [-0.15, -0.1) is 0 Å². The summed E-state index contributed by atoms with van der Waals surface area (Å²) in [4.78, 5) is 20.3. The number of halogens is 1. The molecular formula is C32H40IN5O. The molecule has 2 aliphatic heterocycles. The topological polar surface area (TPSA) is 50.9 Å². The highest BCUT2D eigenvalue weighted by molar-refractivity contribution is 14.1. The Balaban J connectivity index is 0.965. The first-order valence-corrected chi connectivity index (χ1v) is 15.3. The molecule has 39 heavy (non-hydrogen) atoms. The average Bonchev–Trinajstić information content (AvgIpc) is 2.98. The van der Waals surface area contributed by atoms with Crippen molar-refractivity contribution in [2.45, 2.75) is 31.8 Å². The van der Waals surface area contributed by atoms with Crippen LogP contribution in [0.3, 0.4) is 0 Å². The number of hydrogen-bond donors (Lipinski definition) is 2. The number of carbonyl (C=O) groups is 1. The number of rotatable bonds is 9. The second kappa shape index (κ2) is 14.1. The number of piperidine rings is 1. The van der Waals surface area contributed by atoms with Crippen molar-refractivity contribution in [3.63, 3.8) is 0 Å². The van der Waals surface area contributed by atoms with Crippen LogP contribution in [0.4, 0.5) is 10.5 Å². The Hall–Kier alpha value is -2.62. The summed E-state index contributed by atoms with van der Waals surface area (Å²) >= 11 is 2.39. The summed E-state index contributed by atoms with van der Waals surface area (Å²) in [5.74, 6) is 0. The van der Waals surface area contributed by atoms with E-state index in [0.29, 0.717) is 6.54 Å². The van der Waals surface area contributed by atoms with Gasteiger partial charge in [-0.2, -0.15) is 0 Å². The minimum atomic E-state index is -0.0688. The number of piperazine rings is 1. The molecule has 206 valence electrons. The van der Waals surface area contributed by atoms with Gasteiger partial charge in [-0.1, -0.05) is 60.7 Å². The third-order valence-electron chi connectivity index (χ3n) is 7.96. The number of nitrogens with zero attached hydrogens (tertiary/aromatic N) is 3. The highest BCUT2D eigenvalue weighted by Crippen LogP contribution is 2.23. The zero-order valence-corrected chi connectivity index (χ0v) is 24.9. The highest BCUT2D eigenvalue weighted by atomic mass is 127. The summed E-state index contributed by atoms with van der Waals surface area (Å²) in [5, 5.41) is 6.29. The predicted molar refractivity (Wildman–Crippen MR) is 169 cm³/mol. The molecule has 0 bridgehead atoms. The Morgan fingerprint density at radius 1 is 0.795 bits per heavy atom. The minimum Gasteiger partial charge on any atom is -0.369 e. The van der Waals surface area contributed by atoms with Crippen LogP contribution in [0.2, 0.25) is 0 Å². The summed E-state index contributed by atoms with van der Waals surface area (Å²) in [6, 6.07) is 27.6. The molecule has 3 aromatic rings. The lowest BCUT2D eigenvalue weighted by atomic mass is 10.00. The van der Waals surface area contributed by atoms with E-state index >= 15 is 0 Å². The van der Waals surface area contributed by atoms with Gasteiger partial charge in [0.25, 0.3) is 0 Å². The Morgan fingerprint density at radius 2 is 1.49 bits per heavy atom. The van der Waals surface area contributed by atoms with Crippen molar-refractivity contribution in [1.29, 1.82) is 0 Å². The van der Waals surface area contributed by atoms with Crippen LogP contribution in [-0.2, 0) is 6.54 Å². The smallest absolute Gasteiger partial charge is 0.315 e. The SMILES string of the molecule is O=C(NCc1ccccc1-c1ccccc1)NC1CCN(CCCN2CCN(c3cccc(I)c3)CC2)CC1. The maximum Gasteiger partial charge on any atom is 0.315 e. The highest BCUT2D eigenvalue weighted by Gasteiger charge is 2.21. The zero-order valence-electron chi connectivity index (χ0n) is 22.7. The van der Waals surface area contributed by atoms with Crippen molar-refractivity contribution in [2.75, 3.05) is 57.3 Å². The maximum atomic E-state index is 12.6. The Kier molecular flexibility index (Phi) is 10.1. The molecule has 2 heterocycles. The molecule has 2 saturated heterocycles. The molecule has 0 aliphatic carbocycles.